The molecule has 2 aromatic carbocycles. The van der Waals surface area contributed by atoms with E-state index in [4.69, 9.17) is 4.74 Å². The third-order valence-electron chi connectivity index (χ3n) is 3.48. The Labute approximate surface area is 132 Å². The minimum absolute atomic E-state index is 0.125. The Kier molecular flexibility index (Phi) is 6.65. The van der Waals surface area contributed by atoms with E-state index in [1.54, 1.807) is 0 Å². The summed E-state index contributed by atoms with van der Waals surface area (Å²) in [6.45, 7) is 3.05. The van der Waals surface area contributed by atoms with E-state index in [0.29, 0.717) is 13.0 Å². The molecule has 0 amide bonds. The first-order chi connectivity index (χ1) is 10.8. The number of hydrogen-bond donors (Lipinski definition) is 1. The molecule has 0 unspecified atom stereocenters. The van der Waals surface area contributed by atoms with Crippen LogP contribution in [0.25, 0.3) is 0 Å². The highest BCUT2D eigenvalue weighted by Crippen LogP contribution is 2.21. The van der Waals surface area contributed by atoms with Gasteiger partial charge in [-0.25, -0.2) is 0 Å². The van der Waals surface area contributed by atoms with E-state index in [9.17, 15) is 4.79 Å². The van der Waals surface area contributed by atoms with Crippen molar-refractivity contribution < 1.29 is 9.53 Å². The summed E-state index contributed by atoms with van der Waals surface area (Å²) in [6, 6.07) is 20.9. The summed E-state index contributed by atoms with van der Waals surface area (Å²) in [4.78, 5) is 11.4. The van der Waals surface area contributed by atoms with Crippen LogP contribution >= 0.6 is 0 Å². The van der Waals surface area contributed by atoms with Crippen molar-refractivity contribution in [2.45, 2.75) is 25.8 Å². The van der Waals surface area contributed by atoms with Gasteiger partial charge in [-0.1, -0.05) is 60.7 Å². The molecule has 0 spiro atoms. The van der Waals surface area contributed by atoms with Crippen LogP contribution in [0.5, 0.6) is 0 Å². The zero-order valence-corrected chi connectivity index (χ0v) is 13.0. The Morgan fingerprint density at radius 1 is 1.00 bits per heavy atom. The Balaban J connectivity index is 1.96. The number of carbonyl (C=O) groups is 1. The van der Waals surface area contributed by atoms with Crippen molar-refractivity contribution in [2.75, 3.05) is 13.2 Å². The molecule has 0 aliphatic heterocycles. The molecule has 0 aliphatic carbocycles. The molecular weight excluding hydrogens is 274 g/mol. The fourth-order valence-electron chi connectivity index (χ4n) is 2.43. The van der Waals surface area contributed by atoms with Gasteiger partial charge < -0.3 is 10.1 Å². The second-order valence-electron chi connectivity index (χ2n) is 5.12. The summed E-state index contributed by atoms with van der Waals surface area (Å²) < 4.78 is 4.95. The maximum Gasteiger partial charge on any atom is 0.305 e. The molecule has 0 saturated carbocycles. The van der Waals surface area contributed by atoms with E-state index in [-0.39, 0.29) is 12.0 Å². The lowest BCUT2D eigenvalue weighted by molar-refractivity contribution is -0.143. The van der Waals surface area contributed by atoms with Gasteiger partial charge in [0.1, 0.15) is 0 Å². The standard InChI is InChI=1S/C19H23NO2/c1-2-22-18(21)14-9-15-20-19(16-10-5-3-6-11-16)17-12-7-4-8-13-17/h3-8,10-13,19-20H,2,9,14-15H2,1H3. The smallest absolute Gasteiger partial charge is 0.305 e. The maximum absolute atomic E-state index is 11.4. The van der Waals surface area contributed by atoms with Crippen LogP contribution in [0.4, 0.5) is 0 Å². The van der Waals surface area contributed by atoms with Crippen LogP contribution in [-0.2, 0) is 9.53 Å². The molecule has 0 fully saturated rings. The van der Waals surface area contributed by atoms with Gasteiger partial charge in [-0.2, -0.15) is 0 Å². The van der Waals surface area contributed by atoms with E-state index in [1.165, 1.54) is 11.1 Å². The molecule has 22 heavy (non-hydrogen) atoms. The summed E-state index contributed by atoms with van der Waals surface area (Å²) >= 11 is 0. The summed E-state index contributed by atoms with van der Waals surface area (Å²) in [5.74, 6) is -0.125. The number of carbonyl (C=O) groups excluding carboxylic acids is 1. The van der Waals surface area contributed by atoms with Crippen molar-refractivity contribution in [3.05, 3.63) is 71.8 Å². The predicted octanol–water partition coefficient (Wildman–Crippen LogP) is 3.71. The molecule has 0 aliphatic rings. The molecule has 0 saturated heterocycles. The number of ether oxygens (including phenoxy) is 1. The average molecular weight is 297 g/mol. The zero-order valence-electron chi connectivity index (χ0n) is 13.0. The van der Waals surface area contributed by atoms with Gasteiger partial charge in [0.15, 0.2) is 0 Å². The van der Waals surface area contributed by atoms with Crippen LogP contribution in [0, 0.1) is 0 Å². The number of nitrogens with one attached hydrogen (secondary N) is 1. The van der Waals surface area contributed by atoms with Gasteiger partial charge in [0.05, 0.1) is 12.6 Å². The van der Waals surface area contributed by atoms with E-state index in [2.05, 4.69) is 29.6 Å². The van der Waals surface area contributed by atoms with Crippen molar-refractivity contribution in [1.29, 1.82) is 0 Å². The minimum atomic E-state index is -0.125. The molecule has 0 aromatic heterocycles. The molecule has 0 heterocycles. The van der Waals surface area contributed by atoms with Crippen molar-refractivity contribution >= 4 is 5.97 Å². The van der Waals surface area contributed by atoms with Crippen LogP contribution in [0.3, 0.4) is 0 Å². The highest BCUT2D eigenvalue weighted by molar-refractivity contribution is 5.69. The van der Waals surface area contributed by atoms with E-state index >= 15 is 0 Å². The van der Waals surface area contributed by atoms with E-state index < -0.39 is 0 Å². The summed E-state index contributed by atoms with van der Waals surface area (Å²) in [5, 5.41) is 3.54. The van der Waals surface area contributed by atoms with Gasteiger partial charge in [-0.05, 0) is 31.0 Å². The van der Waals surface area contributed by atoms with Gasteiger partial charge in [-0.3, -0.25) is 4.79 Å². The Morgan fingerprint density at radius 3 is 2.05 bits per heavy atom. The summed E-state index contributed by atoms with van der Waals surface area (Å²) in [5.41, 5.74) is 2.45. The fraction of sp³-hybridized carbons (Fsp3) is 0.316. The lowest BCUT2D eigenvalue weighted by Crippen LogP contribution is -2.24. The molecule has 0 atom stereocenters. The SMILES string of the molecule is CCOC(=O)CCCNC(c1ccccc1)c1ccccc1. The van der Waals surface area contributed by atoms with Crippen molar-refractivity contribution in [2.24, 2.45) is 0 Å². The monoisotopic (exact) mass is 297 g/mol. The lowest BCUT2D eigenvalue weighted by Gasteiger charge is -2.19. The van der Waals surface area contributed by atoms with Gasteiger partial charge >= 0.3 is 5.97 Å². The molecule has 116 valence electrons. The van der Waals surface area contributed by atoms with Crippen LogP contribution in [0.2, 0.25) is 0 Å². The molecular formula is C19H23NO2. The second kappa shape index (κ2) is 9.00. The first-order valence-corrected chi connectivity index (χ1v) is 7.80. The fourth-order valence-corrected chi connectivity index (χ4v) is 2.43. The average Bonchev–Trinajstić information content (AvgIpc) is 2.57. The number of rotatable bonds is 8. The Hall–Kier alpha value is -2.13. The molecule has 2 aromatic rings. The van der Waals surface area contributed by atoms with Crippen LogP contribution in [0.15, 0.2) is 60.7 Å². The maximum atomic E-state index is 11.4. The molecule has 0 bridgehead atoms. The second-order valence-corrected chi connectivity index (χ2v) is 5.12. The van der Waals surface area contributed by atoms with Gasteiger partial charge in [-0.15, -0.1) is 0 Å². The van der Waals surface area contributed by atoms with Gasteiger partial charge in [0.2, 0.25) is 0 Å². The first-order valence-electron chi connectivity index (χ1n) is 7.80. The largest absolute Gasteiger partial charge is 0.466 e. The highest BCUT2D eigenvalue weighted by atomic mass is 16.5. The first kappa shape index (κ1) is 16.2. The third kappa shape index (κ3) is 5.01. The topological polar surface area (TPSA) is 38.3 Å². The molecule has 0 radical (unpaired) electrons. The number of hydrogen-bond acceptors (Lipinski definition) is 3. The van der Waals surface area contributed by atoms with E-state index in [0.717, 1.165) is 13.0 Å². The van der Waals surface area contributed by atoms with Crippen molar-refractivity contribution in [3.8, 4) is 0 Å². The summed E-state index contributed by atoms with van der Waals surface area (Å²) in [6.07, 6.45) is 1.23. The molecule has 2 rings (SSSR count). The Bertz CT molecular complexity index is 515. The summed E-state index contributed by atoms with van der Waals surface area (Å²) in [7, 11) is 0. The number of esters is 1. The normalized spacial score (nSPS) is 10.6. The Morgan fingerprint density at radius 2 is 1.55 bits per heavy atom. The molecule has 3 heteroatoms. The van der Waals surface area contributed by atoms with Crippen LogP contribution in [0.1, 0.15) is 36.9 Å². The van der Waals surface area contributed by atoms with Crippen molar-refractivity contribution in [1.82, 2.24) is 5.32 Å². The number of benzene rings is 2. The minimum Gasteiger partial charge on any atom is -0.466 e. The molecule has 1 N–H and O–H groups in total. The van der Waals surface area contributed by atoms with Crippen LogP contribution in [-0.4, -0.2) is 19.1 Å². The molecule has 3 nitrogen and oxygen atoms in total. The lowest BCUT2D eigenvalue weighted by atomic mass is 9.98. The van der Waals surface area contributed by atoms with Crippen LogP contribution < -0.4 is 5.32 Å². The quantitative estimate of drug-likeness (QED) is 0.596. The zero-order chi connectivity index (χ0) is 15.6. The van der Waals surface area contributed by atoms with Gasteiger partial charge in [0.25, 0.3) is 0 Å². The highest BCUT2D eigenvalue weighted by Gasteiger charge is 2.12. The van der Waals surface area contributed by atoms with Crippen molar-refractivity contribution in [3.63, 3.8) is 0 Å². The van der Waals surface area contributed by atoms with Gasteiger partial charge in [0, 0.05) is 6.42 Å². The predicted molar refractivity (Wildman–Crippen MR) is 88.6 cm³/mol. The third-order valence-corrected chi connectivity index (χ3v) is 3.48. The van der Waals surface area contributed by atoms with E-state index in [1.807, 2.05) is 43.3 Å².